The minimum absolute atomic E-state index is 0.0829. The van der Waals surface area contributed by atoms with Gasteiger partial charge in [-0.3, -0.25) is 9.78 Å². The largest absolute Gasteiger partial charge is 0.366 e. The van der Waals surface area contributed by atoms with E-state index in [4.69, 9.17) is 11.5 Å². The zero-order chi connectivity index (χ0) is 20.9. The van der Waals surface area contributed by atoms with Crippen LogP contribution in [0.15, 0.2) is 49.1 Å². The number of primary amides is 1. The van der Waals surface area contributed by atoms with Crippen LogP contribution >= 0.6 is 0 Å². The highest BCUT2D eigenvalue weighted by atomic mass is 16.1. The van der Waals surface area contributed by atoms with Gasteiger partial charge in [0.1, 0.15) is 11.6 Å². The molecule has 0 bridgehead atoms. The number of rotatable bonds is 6. The summed E-state index contributed by atoms with van der Waals surface area (Å²) in [5.74, 6) is 0.977. The van der Waals surface area contributed by atoms with Crippen molar-refractivity contribution in [1.82, 2.24) is 19.9 Å². The average Bonchev–Trinajstić information content (AvgIpc) is 2.76. The van der Waals surface area contributed by atoms with Crippen LogP contribution in [0.1, 0.15) is 36.0 Å². The number of aromatic nitrogens is 4. The number of hydrogen-bond acceptors (Lipinski definition) is 8. The maximum atomic E-state index is 11.9. The number of carbonyl (C=O) groups is 1. The number of pyridine rings is 2. The minimum atomic E-state index is -0.568. The van der Waals surface area contributed by atoms with Crippen LogP contribution in [0.2, 0.25) is 0 Å². The van der Waals surface area contributed by atoms with Crippen molar-refractivity contribution in [3.05, 3.63) is 54.6 Å². The Hall–Kier alpha value is -3.59. The van der Waals surface area contributed by atoms with Crippen LogP contribution in [-0.2, 0) is 0 Å². The Morgan fingerprint density at radius 3 is 2.67 bits per heavy atom. The lowest BCUT2D eigenvalue weighted by Crippen LogP contribution is -2.42. The van der Waals surface area contributed by atoms with Gasteiger partial charge < -0.3 is 22.1 Å². The van der Waals surface area contributed by atoms with Gasteiger partial charge in [0.15, 0.2) is 5.82 Å². The van der Waals surface area contributed by atoms with Crippen molar-refractivity contribution in [1.29, 1.82) is 0 Å². The van der Waals surface area contributed by atoms with Crippen molar-refractivity contribution in [2.75, 3.05) is 10.6 Å². The summed E-state index contributed by atoms with van der Waals surface area (Å²) in [6.45, 7) is 0. The number of nitrogens with zero attached hydrogens (tertiary/aromatic N) is 4. The van der Waals surface area contributed by atoms with Crippen molar-refractivity contribution in [2.45, 2.75) is 37.8 Å². The van der Waals surface area contributed by atoms with Crippen LogP contribution < -0.4 is 22.1 Å². The van der Waals surface area contributed by atoms with Crippen molar-refractivity contribution in [3.8, 4) is 11.4 Å². The fraction of sp³-hybridized carbons (Fsp3) is 0.286. The molecule has 0 aromatic carbocycles. The molecule has 3 aromatic rings. The number of carbonyl (C=O) groups excluding carboxylic acids is 1. The summed E-state index contributed by atoms with van der Waals surface area (Å²) in [5, 5.41) is 6.55. The summed E-state index contributed by atoms with van der Waals surface area (Å²) >= 11 is 0. The molecule has 0 unspecified atom stereocenters. The van der Waals surface area contributed by atoms with Gasteiger partial charge in [-0.1, -0.05) is 12.8 Å². The molecule has 30 heavy (non-hydrogen) atoms. The third-order valence-corrected chi connectivity index (χ3v) is 5.14. The molecule has 9 heteroatoms. The molecule has 154 valence electrons. The van der Waals surface area contributed by atoms with Gasteiger partial charge in [0.05, 0.1) is 17.4 Å². The van der Waals surface area contributed by atoms with E-state index in [0.29, 0.717) is 23.1 Å². The summed E-state index contributed by atoms with van der Waals surface area (Å²) in [6.07, 6.45) is 10.9. The molecule has 1 aliphatic carbocycles. The lowest BCUT2D eigenvalue weighted by atomic mass is 9.91. The van der Waals surface area contributed by atoms with Gasteiger partial charge in [-0.05, 0) is 37.1 Å². The van der Waals surface area contributed by atoms with E-state index in [1.54, 1.807) is 43.0 Å². The van der Waals surface area contributed by atoms with E-state index in [1.807, 2.05) is 6.07 Å². The first-order valence-electron chi connectivity index (χ1n) is 9.92. The van der Waals surface area contributed by atoms with E-state index in [1.165, 1.54) is 0 Å². The molecule has 1 fully saturated rings. The van der Waals surface area contributed by atoms with Gasteiger partial charge in [-0.25, -0.2) is 15.0 Å². The highest BCUT2D eigenvalue weighted by molar-refractivity contribution is 5.98. The lowest BCUT2D eigenvalue weighted by Gasteiger charge is -2.29. The van der Waals surface area contributed by atoms with Crippen LogP contribution in [-0.4, -0.2) is 37.9 Å². The maximum absolute atomic E-state index is 11.9. The molecule has 3 aromatic heterocycles. The van der Waals surface area contributed by atoms with Crippen molar-refractivity contribution >= 4 is 23.2 Å². The number of nitrogens with one attached hydrogen (secondary N) is 2. The molecular weight excluding hydrogens is 380 g/mol. The van der Waals surface area contributed by atoms with E-state index >= 15 is 0 Å². The molecule has 9 nitrogen and oxygen atoms in total. The van der Waals surface area contributed by atoms with E-state index in [0.717, 1.165) is 31.2 Å². The topological polar surface area (TPSA) is 145 Å². The molecule has 1 amide bonds. The van der Waals surface area contributed by atoms with Gasteiger partial charge in [0, 0.05) is 36.2 Å². The molecule has 3 heterocycles. The SMILES string of the molecule is NC(=O)c1ccc(N[C@@H]2CCCC[C@@H]2N)nc1Nc1cncc(-c2ncccn2)c1. The Bertz CT molecular complexity index is 1030. The van der Waals surface area contributed by atoms with Crippen LogP contribution in [0.4, 0.5) is 17.3 Å². The fourth-order valence-electron chi connectivity index (χ4n) is 3.58. The van der Waals surface area contributed by atoms with Crippen LogP contribution in [0.25, 0.3) is 11.4 Å². The Morgan fingerprint density at radius 1 is 1.10 bits per heavy atom. The number of nitrogens with two attached hydrogens (primary N) is 2. The molecule has 0 aliphatic heterocycles. The monoisotopic (exact) mass is 404 g/mol. The predicted molar refractivity (Wildman–Crippen MR) is 115 cm³/mol. The van der Waals surface area contributed by atoms with Gasteiger partial charge >= 0.3 is 0 Å². The Morgan fingerprint density at radius 2 is 1.90 bits per heavy atom. The average molecular weight is 404 g/mol. The summed E-state index contributed by atoms with van der Waals surface area (Å²) < 4.78 is 0. The molecular formula is C21H24N8O. The first kappa shape index (κ1) is 19.7. The maximum Gasteiger partial charge on any atom is 0.252 e. The second-order valence-electron chi connectivity index (χ2n) is 7.32. The highest BCUT2D eigenvalue weighted by Gasteiger charge is 2.22. The molecule has 2 atom stereocenters. The second-order valence-corrected chi connectivity index (χ2v) is 7.32. The summed E-state index contributed by atoms with van der Waals surface area (Å²) in [5.41, 5.74) is 13.5. The molecule has 0 radical (unpaired) electrons. The first-order chi connectivity index (χ1) is 14.6. The summed E-state index contributed by atoms with van der Waals surface area (Å²) in [4.78, 5) is 29.2. The normalized spacial score (nSPS) is 18.6. The zero-order valence-electron chi connectivity index (χ0n) is 16.5. The number of amides is 1. The predicted octanol–water partition coefficient (Wildman–Crippen LogP) is 2.46. The standard InChI is InChI=1S/C21H24N8O/c22-16-4-1-2-5-17(16)28-18-7-6-15(19(23)30)21(29-18)27-14-10-13(11-24-12-14)20-25-8-3-9-26-20/h3,6-12,16-17H,1-2,4-5,22H2,(H2,23,30)(H2,27,28,29)/t16-,17+/m0/s1. The lowest BCUT2D eigenvalue weighted by molar-refractivity contribution is 0.100. The van der Waals surface area contributed by atoms with Crippen LogP contribution in [0.5, 0.6) is 0 Å². The zero-order valence-corrected chi connectivity index (χ0v) is 16.5. The molecule has 4 rings (SSSR count). The number of anilines is 3. The highest BCUT2D eigenvalue weighted by Crippen LogP contribution is 2.25. The minimum Gasteiger partial charge on any atom is -0.366 e. The Labute approximate surface area is 174 Å². The van der Waals surface area contributed by atoms with Gasteiger partial charge in [-0.2, -0.15) is 0 Å². The molecule has 0 saturated heterocycles. The van der Waals surface area contributed by atoms with Crippen molar-refractivity contribution < 1.29 is 4.79 Å². The summed E-state index contributed by atoms with van der Waals surface area (Å²) in [6, 6.07) is 7.23. The third-order valence-electron chi connectivity index (χ3n) is 5.14. The molecule has 1 saturated carbocycles. The van der Waals surface area contributed by atoms with Gasteiger partial charge in [0.25, 0.3) is 5.91 Å². The van der Waals surface area contributed by atoms with Crippen molar-refractivity contribution in [3.63, 3.8) is 0 Å². The smallest absolute Gasteiger partial charge is 0.252 e. The van der Waals surface area contributed by atoms with E-state index < -0.39 is 5.91 Å². The van der Waals surface area contributed by atoms with Crippen LogP contribution in [0, 0.1) is 0 Å². The van der Waals surface area contributed by atoms with E-state index in [-0.39, 0.29) is 17.6 Å². The quantitative estimate of drug-likeness (QED) is 0.490. The fourth-order valence-corrected chi connectivity index (χ4v) is 3.58. The van der Waals surface area contributed by atoms with Crippen LogP contribution in [0.3, 0.4) is 0 Å². The third kappa shape index (κ3) is 4.52. The Kier molecular flexibility index (Phi) is 5.80. The molecule has 6 N–H and O–H groups in total. The molecule has 1 aliphatic rings. The van der Waals surface area contributed by atoms with E-state index in [9.17, 15) is 4.79 Å². The first-order valence-corrected chi connectivity index (χ1v) is 9.92. The van der Waals surface area contributed by atoms with Gasteiger partial charge in [0.2, 0.25) is 0 Å². The summed E-state index contributed by atoms with van der Waals surface area (Å²) in [7, 11) is 0. The van der Waals surface area contributed by atoms with Gasteiger partial charge in [-0.15, -0.1) is 0 Å². The second kappa shape index (κ2) is 8.83. The van der Waals surface area contributed by atoms with E-state index in [2.05, 4.69) is 30.6 Å². The Balaban J connectivity index is 1.60. The molecule has 0 spiro atoms. The number of hydrogen-bond donors (Lipinski definition) is 4. The van der Waals surface area contributed by atoms with Crippen molar-refractivity contribution in [2.24, 2.45) is 11.5 Å².